The average Bonchev–Trinajstić information content (AvgIpc) is 3.27. The molecule has 0 atom stereocenters. The molecular weight excluding hydrogens is 366 g/mol. The maximum atomic E-state index is 12.3. The van der Waals surface area contributed by atoms with Gasteiger partial charge < -0.3 is 19.7 Å². The van der Waals surface area contributed by atoms with Crippen LogP contribution < -0.4 is 10.1 Å². The number of hydrogen-bond acceptors (Lipinski definition) is 7. The van der Waals surface area contributed by atoms with Gasteiger partial charge in [-0.3, -0.25) is 4.79 Å². The Labute approximate surface area is 158 Å². The third kappa shape index (κ3) is 3.34. The summed E-state index contributed by atoms with van der Waals surface area (Å²) in [7, 11) is 1.54. The van der Waals surface area contributed by atoms with Crippen molar-refractivity contribution in [1.82, 2.24) is 10.1 Å². The quantitative estimate of drug-likeness (QED) is 0.545. The van der Waals surface area contributed by atoms with E-state index in [4.69, 9.17) is 9.26 Å². The van der Waals surface area contributed by atoms with Crippen molar-refractivity contribution in [2.45, 2.75) is 6.42 Å². The Balaban J connectivity index is 1.52. The lowest BCUT2D eigenvalue weighted by atomic mass is 10.2. The number of thiophene rings is 1. The molecule has 0 aliphatic heterocycles. The smallest absolute Gasteiger partial charge is 0.271 e. The number of benzene rings is 2. The molecule has 7 nitrogen and oxygen atoms in total. The van der Waals surface area contributed by atoms with Gasteiger partial charge >= 0.3 is 0 Å². The Kier molecular flexibility index (Phi) is 4.47. The number of fused-ring (bicyclic) bond motifs is 1. The maximum absolute atomic E-state index is 12.3. The van der Waals surface area contributed by atoms with E-state index in [1.807, 2.05) is 30.3 Å². The highest BCUT2D eigenvalue weighted by molar-refractivity contribution is 7.22. The molecule has 0 radical (unpaired) electrons. The lowest BCUT2D eigenvalue weighted by Gasteiger charge is -2.08. The third-order valence-corrected chi connectivity index (χ3v) is 5.08. The van der Waals surface area contributed by atoms with Gasteiger partial charge in [0.25, 0.3) is 5.89 Å². The zero-order valence-electron chi connectivity index (χ0n) is 14.3. The zero-order valence-corrected chi connectivity index (χ0v) is 15.1. The van der Waals surface area contributed by atoms with Crippen LogP contribution >= 0.6 is 11.3 Å². The fraction of sp³-hybridized carbons (Fsp3) is 0.105. The van der Waals surface area contributed by atoms with Gasteiger partial charge in [-0.1, -0.05) is 29.4 Å². The standard InChI is InChI=1S/C19H15N3O4S/c1-25-13-8-4-3-7-12(13)20-16(23)10-15-21-19(26-22-15)18-17(24)11-6-2-5-9-14(11)27-18/h2-9,24H,10H2,1H3,(H,20,23). The maximum Gasteiger partial charge on any atom is 0.271 e. The largest absolute Gasteiger partial charge is 0.506 e. The van der Waals surface area contributed by atoms with E-state index in [1.165, 1.54) is 18.4 Å². The summed E-state index contributed by atoms with van der Waals surface area (Å²) in [6.45, 7) is 0. The van der Waals surface area contributed by atoms with Crippen LogP contribution in [0.2, 0.25) is 0 Å². The van der Waals surface area contributed by atoms with E-state index in [9.17, 15) is 9.90 Å². The zero-order chi connectivity index (χ0) is 18.8. The third-order valence-electron chi connectivity index (χ3n) is 3.93. The minimum Gasteiger partial charge on any atom is -0.506 e. The first kappa shape index (κ1) is 17.0. The Morgan fingerprint density at radius 3 is 2.81 bits per heavy atom. The highest BCUT2D eigenvalue weighted by atomic mass is 32.1. The molecule has 0 aliphatic rings. The number of nitrogens with one attached hydrogen (secondary N) is 1. The fourth-order valence-electron chi connectivity index (χ4n) is 2.68. The summed E-state index contributed by atoms with van der Waals surface area (Å²) in [5, 5.41) is 17.7. The Morgan fingerprint density at radius 1 is 1.22 bits per heavy atom. The number of methoxy groups -OCH3 is 1. The van der Waals surface area contributed by atoms with Crippen molar-refractivity contribution in [3.8, 4) is 22.3 Å². The van der Waals surface area contributed by atoms with Crippen LogP contribution in [0.1, 0.15) is 5.82 Å². The number of carbonyl (C=O) groups excluding carboxylic acids is 1. The van der Waals surface area contributed by atoms with Crippen LogP contribution in [0, 0.1) is 0 Å². The molecule has 27 heavy (non-hydrogen) atoms. The predicted octanol–water partition coefficient (Wildman–Crippen LogP) is 3.85. The number of nitrogens with zero attached hydrogens (tertiary/aromatic N) is 2. The Hall–Kier alpha value is -3.39. The van der Waals surface area contributed by atoms with Gasteiger partial charge in [0, 0.05) is 10.1 Å². The van der Waals surface area contributed by atoms with Crippen molar-refractivity contribution in [2.24, 2.45) is 0 Å². The van der Waals surface area contributed by atoms with E-state index in [0.717, 1.165) is 10.1 Å². The second-order valence-corrected chi connectivity index (χ2v) is 6.77. The van der Waals surface area contributed by atoms with Gasteiger partial charge in [0.05, 0.1) is 19.2 Å². The second-order valence-electron chi connectivity index (χ2n) is 5.72. The van der Waals surface area contributed by atoms with E-state index < -0.39 is 0 Å². The first-order valence-electron chi connectivity index (χ1n) is 8.12. The first-order chi connectivity index (χ1) is 13.2. The lowest BCUT2D eigenvalue weighted by Crippen LogP contribution is -2.15. The summed E-state index contributed by atoms with van der Waals surface area (Å²) in [4.78, 5) is 17.0. The summed E-state index contributed by atoms with van der Waals surface area (Å²) in [5.41, 5.74) is 0.566. The lowest BCUT2D eigenvalue weighted by molar-refractivity contribution is -0.115. The minimum absolute atomic E-state index is 0.0623. The van der Waals surface area contributed by atoms with E-state index in [2.05, 4.69) is 15.5 Å². The number of anilines is 1. The number of para-hydroxylation sites is 2. The van der Waals surface area contributed by atoms with Gasteiger partial charge in [0.1, 0.15) is 16.4 Å². The van der Waals surface area contributed by atoms with Crippen molar-refractivity contribution >= 4 is 33.0 Å². The number of aromatic nitrogens is 2. The van der Waals surface area contributed by atoms with Crippen LogP contribution in [0.4, 0.5) is 5.69 Å². The van der Waals surface area contributed by atoms with Gasteiger partial charge in [-0.05, 0) is 24.3 Å². The molecule has 4 rings (SSSR count). The van der Waals surface area contributed by atoms with Gasteiger partial charge in [0.15, 0.2) is 5.82 Å². The Morgan fingerprint density at radius 2 is 2.00 bits per heavy atom. The van der Waals surface area contributed by atoms with E-state index in [0.29, 0.717) is 16.3 Å². The predicted molar refractivity (Wildman–Crippen MR) is 102 cm³/mol. The normalized spacial score (nSPS) is 10.9. The monoisotopic (exact) mass is 381 g/mol. The molecule has 2 aromatic heterocycles. The number of rotatable bonds is 5. The highest BCUT2D eigenvalue weighted by Crippen LogP contribution is 2.42. The van der Waals surface area contributed by atoms with Crippen LogP contribution in [-0.4, -0.2) is 28.3 Å². The molecule has 8 heteroatoms. The van der Waals surface area contributed by atoms with Crippen LogP contribution in [0.25, 0.3) is 20.9 Å². The summed E-state index contributed by atoms with van der Waals surface area (Å²) in [6.07, 6.45) is -0.0623. The van der Waals surface area contributed by atoms with Gasteiger partial charge in [-0.2, -0.15) is 4.98 Å². The summed E-state index contributed by atoms with van der Waals surface area (Å²) in [5.74, 6) is 0.787. The molecule has 0 fully saturated rings. The number of amides is 1. The highest BCUT2D eigenvalue weighted by Gasteiger charge is 2.19. The van der Waals surface area contributed by atoms with Crippen molar-refractivity contribution < 1.29 is 19.2 Å². The molecule has 2 heterocycles. The molecular formula is C19H15N3O4S. The van der Waals surface area contributed by atoms with Crippen LogP contribution in [0.5, 0.6) is 11.5 Å². The fourth-order valence-corrected chi connectivity index (χ4v) is 3.70. The topological polar surface area (TPSA) is 97.5 Å². The first-order valence-corrected chi connectivity index (χ1v) is 8.93. The SMILES string of the molecule is COc1ccccc1NC(=O)Cc1noc(-c2sc3ccccc3c2O)n1. The van der Waals surface area contributed by atoms with Crippen molar-refractivity contribution in [1.29, 1.82) is 0 Å². The molecule has 0 bridgehead atoms. The van der Waals surface area contributed by atoms with Gasteiger partial charge in [-0.25, -0.2) is 0 Å². The van der Waals surface area contributed by atoms with Crippen LogP contribution in [0.3, 0.4) is 0 Å². The Bertz CT molecular complexity index is 1120. The molecule has 0 spiro atoms. The summed E-state index contributed by atoms with van der Waals surface area (Å²) in [6, 6.07) is 14.6. The van der Waals surface area contributed by atoms with E-state index in [-0.39, 0.29) is 29.8 Å². The van der Waals surface area contributed by atoms with Crippen LogP contribution in [0.15, 0.2) is 53.1 Å². The molecule has 0 saturated heterocycles. The molecule has 136 valence electrons. The molecule has 0 aliphatic carbocycles. The second kappa shape index (κ2) is 7.08. The van der Waals surface area contributed by atoms with Crippen molar-refractivity contribution in [3.05, 3.63) is 54.4 Å². The van der Waals surface area contributed by atoms with Gasteiger partial charge in [-0.15, -0.1) is 11.3 Å². The summed E-state index contributed by atoms with van der Waals surface area (Å²) < 4.78 is 11.4. The van der Waals surface area contributed by atoms with E-state index >= 15 is 0 Å². The minimum atomic E-state index is -0.299. The van der Waals surface area contributed by atoms with Crippen LogP contribution in [-0.2, 0) is 11.2 Å². The summed E-state index contributed by atoms with van der Waals surface area (Å²) >= 11 is 1.35. The molecule has 0 unspecified atom stereocenters. The molecule has 2 aromatic carbocycles. The number of hydrogen-bond donors (Lipinski definition) is 2. The average molecular weight is 381 g/mol. The molecule has 0 saturated carbocycles. The molecule has 4 aromatic rings. The number of ether oxygens (including phenoxy) is 1. The van der Waals surface area contributed by atoms with Gasteiger partial charge in [0.2, 0.25) is 5.91 Å². The van der Waals surface area contributed by atoms with Crippen molar-refractivity contribution in [2.75, 3.05) is 12.4 Å². The molecule has 1 amide bonds. The van der Waals surface area contributed by atoms with E-state index in [1.54, 1.807) is 18.2 Å². The van der Waals surface area contributed by atoms with Crippen molar-refractivity contribution in [3.63, 3.8) is 0 Å². The number of aromatic hydroxyl groups is 1. The number of carbonyl (C=O) groups is 1. The molecule has 2 N–H and O–H groups in total.